The largest absolute Gasteiger partial charge is 0.352 e. The number of nitrogens with one attached hydrogen (secondary N) is 1. The van der Waals surface area contributed by atoms with Gasteiger partial charge in [-0.25, -0.2) is 4.98 Å². The average molecular weight is 358 g/mol. The third kappa shape index (κ3) is 3.99. The highest BCUT2D eigenvalue weighted by Crippen LogP contribution is 2.27. The third-order valence-electron chi connectivity index (χ3n) is 3.48. The van der Waals surface area contributed by atoms with Gasteiger partial charge < -0.3 is 5.32 Å². The summed E-state index contributed by atoms with van der Waals surface area (Å²) in [6.45, 7) is 2.59. The molecule has 0 saturated carbocycles. The first-order chi connectivity index (χ1) is 11.6. The van der Waals surface area contributed by atoms with Crippen LogP contribution in [0, 0.1) is 6.92 Å². The van der Waals surface area contributed by atoms with Crippen LogP contribution < -0.4 is 5.32 Å². The van der Waals surface area contributed by atoms with Crippen LogP contribution in [0.15, 0.2) is 48.8 Å². The fourth-order valence-electron chi connectivity index (χ4n) is 2.34. The second kappa shape index (κ2) is 7.55. The lowest BCUT2D eigenvalue weighted by Crippen LogP contribution is -2.25. The zero-order chi connectivity index (χ0) is 16.9. The Morgan fingerprint density at radius 3 is 2.79 bits per heavy atom. The molecule has 24 heavy (non-hydrogen) atoms. The van der Waals surface area contributed by atoms with E-state index >= 15 is 0 Å². The SMILES string of the molecule is Cc1sc(CCNC(=O)c2cncc(Cl)c2)nc1-c1ccccc1. The van der Waals surface area contributed by atoms with Crippen LogP contribution in [0.3, 0.4) is 0 Å². The number of hydrogen-bond donors (Lipinski definition) is 1. The Morgan fingerprint density at radius 1 is 1.25 bits per heavy atom. The predicted octanol–water partition coefficient (Wildman–Crippen LogP) is 4.14. The van der Waals surface area contributed by atoms with Crippen LogP contribution in [0.2, 0.25) is 5.02 Å². The fraction of sp³-hybridized carbons (Fsp3) is 0.167. The number of halogens is 1. The van der Waals surface area contributed by atoms with Gasteiger partial charge in [0, 0.05) is 35.8 Å². The lowest BCUT2D eigenvalue weighted by atomic mass is 10.1. The summed E-state index contributed by atoms with van der Waals surface area (Å²) in [6, 6.07) is 11.7. The fourth-order valence-corrected chi connectivity index (χ4v) is 3.47. The molecule has 3 aromatic rings. The summed E-state index contributed by atoms with van der Waals surface area (Å²) in [5, 5.41) is 4.33. The monoisotopic (exact) mass is 357 g/mol. The molecule has 3 rings (SSSR count). The number of carbonyl (C=O) groups is 1. The second-order valence-corrected chi connectivity index (χ2v) is 7.00. The first kappa shape index (κ1) is 16.6. The topological polar surface area (TPSA) is 54.9 Å². The normalized spacial score (nSPS) is 10.6. The predicted molar refractivity (Wildman–Crippen MR) is 97.6 cm³/mol. The number of nitrogens with zero attached hydrogens (tertiary/aromatic N) is 2. The van der Waals surface area contributed by atoms with Crippen molar-refractivity contribution in [3.63, 3.8) is 0 Å². The van der Waals surface area contributed by atoms with Gasteiger partial charge in [0.2, 0.25) is 0 Å². The van der Waals surface area contributed by atoms with Crippen LogP contribution in [-0.2, 0) is 6.42 Å². The van der Waals surface area contributed by atoms with E-state index in [-0.39, 0.29) is 5.91 Å². The van der Waals surface area contributed by atoms with Crippen LogP contribution in [0.1, 0.15) is 20.2 Å². The molecule has 0 atom stereocenters. The number of amides is 1. The number of pyridine rings is 1. The summed E-state index contributed by atoms with van der Waals surface area (Å²) >= 11 is 7.51. The van der Waals surface area contributed by atoms with Crippen LogP contribution in [0.5, 0.6) is 0 Å². The van der Waals surface area contributed by atoms with Gasteiger partial charge in [-0.3, -0.25) is 9.78 Å². The van der Waals surface area contributed by atoms with Crippen molar-refractivity contribution < 1.29 is 4.79 Å². The van der Waals surface area contributed by atoms with E-state index in [1.54, 1.807) is 17.4 Å². The Balaban J connectivity index is 1.61. The van der Waals surface area contributed by atoms with E-state index in [2.05, 4.69) is 29.4 Å². The molecule has 0 aliphatic rings. The molecule has 1 aromatic carbocycles. The molecule has 0 unspecified atom stereocenters. The molecular weight excluding hydrogens is 342 g/mol. The standard InChI is InChI=1S/C18H16ClN3OS/c1-12-17(13-5-3-2-4-6-13)22-16(24-12)7-8-21-18(23)14-9-15(19)11-20-10-14/h2-6,9-11H,7-8H2,1H3,(H,21,23). The summed E-state index contributed by atoms with van der Waals surface area (Å²) in [5.41, 5.74) is 2.59. The number of benzene rings is 1. The Morgan fingerprint density at radius 2 is 2.04 bits per heavy atom. The number of aromatic nitrogens is 2. The molecule has 6 heteroatoms. The van der Waals surface area contributed by atoms with Crippen LogP contribution in [0.4, 0.5) is 0 Å². The summed E-state index contributed by atoms with van der Waals surface area (Å²) in [4.78, 5) is 21.9. The molecule has 0 spiro atoms. The molecule has 0 aliphatic heterocycles. The quantitative estimate of drug-likeness (QED) is 0.746. The molecule has 0 radical (unpaired) electrons. The minimum Gasteiger partial charge on any atom is -0.352 e. The maximum Gasteiger partial charge on any atom is 0.252 e. The van der Waals surface area contributed by atoms with Crippen molar-refractivity contribution in [2.45, 2.75) is 13.3 Å². The molecule has 1 N–H and O–H groups in total. The lowest BCUT2D eigenvalue weighted by molar-refractivity contribution is 0.0954. The van der Waals surface area contributed by atoms with Gasteiger partial charge in [-0.05, 0) is 13.0 Å². The molecule has 0 aliphatic carbocycles. The Kier molecular flexibility index (Phi) is 5.23. The van der Waals surface area contributed by atoms with Gasteiger partial charge in [-0.1, -0.05) is 41.9 Å². The van der Waals surface area contributed by atoms with Crippen molar-refractivity contribution in [1.82, 2.24) is 15.3 Å². The number of thiazole rings is 1. The van der Waals surface area contributed by atoms with E-state index in [0.29, 0.717) is 23.6 Å². The first-order valence-corrected chi connectivity index (χ1v) is 8.73. The van der Waals surface area contributed by atoms with E-state index in [0.717, 1.165) is 16.3 Å². The van der Waals surface area contributed by atoms with Gasteiger partial charge in [0.25, 0.3) is 5.91 Å². The molecule has 0 saturated heterocycles. The van der Waals surface area contributed by atoms with Gasteiger partial charge in [0.05, 0.1) is 21.3 Å². The van der Waals surface area contributed by atoms with Gasteiger partial charge in [0.1, 0.15) is 0 Å². The van der Waals surface area contributed by atoms with Gasteiger partial charge in [0.15, 0.2) is 0 Å². The maximum absolute atomic E-state index is 12.1. The van der Waals surface area contributed by atoms with E-state index in [4.69, 9.17) is 16.6 Å². The molecule has 2 heterocycles. The summed E-state index contributed by atoms with van der Waals surface area (Å²) in [6.07, 6.45) is 3.70. The molecule has 4 nitrogen and oxygen atoms in total. The van der Waals surface area contributed by atoms with Gasteiger partial charge >= 0.3 is 0 Å². The van der Waals surface area contributed by atoms with E-state index in [1.165, 1.54) is 17.3 Å². The zero-order valence-electron chi connectivity index (χ0n) is 13.1. The van der Waals surface area contributed by atoms with E-state index in [1.807, 2.05) is 18.2 Å². The molecule has 2 aromatic heterocycles. The van der Waals surface area contributed by atoms with Gasteiger partial charge in [-0.2, -0.15) is 0 Å². The molecule has 1 amide bonds. The lowest BCUT2D eigenvalue weighted by Gasteiger charge is -2.03. The summed E-state index contributed by atoms with van der Waals surface area (Å²) < 4.78 is 0. The molecular formula is C18H16ClN3OS. The number of carbonyl (C=O) groups excluding carboxylic acids is 1. The van der Waals surface area contributed by atoms with Crippen LogP contribution >= 0.6 is 22.9 Å². The Bertz CT molecular complexity index is 848. The minimum atomic E-state index is -0.179. The maximum atomic E-state index is 12.1. The van der Waals surface area contributed by atoms with E-state index < -0.39 is 0 Å². The summed E-state index contributed by atoms with van der Waals surface area (Å²) in [7, 11) is 0. The first-order valence-electron chi connectivity index (χ1n) is 7.54. The molecule has 0 fully saturated rings. The van der Waals surface area contributed by atoms with Crippen LogP contribution in [0.25, 0.3) is 11.3 Å². The molecule has 122 valence electrons. The average Bonchev–Trinajstić information content (AvgIpc) is 2.96. The second-order valence-electron chi connectivity index (χ2n) is 5.28. The zero-order valence-corrected chi connectivity index (χ0v) is 14.7. The highest BCUT2D eigenvalue weighted by atomic mass is 35.5. The van der Waals surface area contributed by atoms with Crippen molar-refractivity contribution in [2.24, 2.45) is 0 Å². The minimum absolute atomic E-state index is 0.179. The van der Waals surface area contributed by atoms with Crippen molar-refractivity contribution in [1.29, 1.82) is 0 Å². The third-order valence-corrected chi connectivity index (χ3v) is 4.72. The smallest absolute Gasteiger partial charge is 0.252 e. The Hall–Kier alpha value is -2.24. The number of hydrogen-bond acceptors (Lipinski definition) is 4. The van der Waals surface area contributed by atoms with Crippen LogP contribution in [-0.4, -0.2) is 22.4 Å². The summed E-state index contributed by atoms with van der Waals surface area (Å²) in [5.74, 6) is -0.179. The van der Waals surface area contributed by atoms with Crippen molar-refractivity contribution in [2.75, 3.05) is 6.54 Å². The van der Waals surface area contributed by atoms with E-state index in [9.17, 15) is 4.79 Å². The van der Waals surface area contributed by atoms with Crippen molar-refractivity contribution >= 4 is 28.8 Å². The van der Waals surface area contributed by atoms with Crippen molar-refractivity contribution in [3.8, 4) is 11.3 Å². The highest BCUT2D eigenvalue weighted by Gasteiger charge is 2.10. The highest BCUT2D eigenvalue weighted by molar-refractivity contribution is 7.12. The van der Waals surface area contributed by atoms with Gasteiger partial charge in [-0.15, -0.1) is 11.3 Å². The van der Waals surface area contributed by atoms with Crippen molar-refractivity contribution in [3.05, 3.63) is 69.3 Å². The molecule has 0 bridgehead atoms. The Labute approximate surface area is 149 Å². The number of aryl methyl sites for hydroxylation is 1. The number of rotatable bonds is 5.